The fourth-order valence-corrected chi connectivity index (χ4v) is 3.34. The molecule has 2 aromatic rings. The fourth-order valence-electron chi connectivity index (χ4n) is 2.40. The van der Waals surface area contributed by atoms with Gasteiger partial charge in [-0.1, -0.05) is 12.1 Å². The first-order valence-electron chi connectivity index (χ1n) is 8.23. The van der Waals surface area contributed by atoms with Crippen molar-refractivity contribution in [3.05, 3.63) is 63.9 Å². The molecule has 28 heavy (non-hydrogen) atoms. The summed E-state index contributed by atoms with van der Waals surface area (Å²) in [6, 6.07) is 9.25. The van der Waals surface area contributed by atoms with Crippen LogP contribution in [0.3, 0.4) is 0 Å². The quantitative estimate of drug-likeness (QED) is 0.573. The van der Waals surface area contributed by atoms with E-state index < -0.39 is 21.7 Å². The summed E-state index contributed by atoms with van der Waals surface area (Å²) in [7, 11) is -3.77. The number of benzene rings is 2. The highest BCUT2D eigenvalue weighted by Gasteiger charge is 2.14. The molecule has 4 N–H and O–H groups in total. The number of nitrogens with one attached hydrogen (secondary N) is 2. The fraction of sp³-hybridized carbons (Fsp3) is 0.222. The van der Waals surface area contributed by atoms with Gasteiger partial charge in [-0.2, -0.15) is 0 Å². The first-order valence-corrected chi connectivity index (χ1v) is 10.6. The van der Waals surface area contributed by atoms with Crippen molar-refractivity contribution in [2.24, 2.45) is 5.14 Å². The van der Waals surface area contributed by atoms with Gasteiger partial charge >= 0.3 is 0 Å². The summed E-state index contributed by atoms with van der Waals surface area (Å²) in [6.45, 7) is 1.82. The molecule has 1 atom stereocenters. The van der Waals surface area contributed by atoms with E-state index in [0.29, 0.717) is 10.0 Å². The van der Waals surface area contributed by atoms with E-state index in [2.05, 4.69) is 26.6 Å². The van der Waals surface area contributed by atoms with Crippen LogP contribution in [0.4, 0.5) is 4.39 Å². The average molecular weight is 472 g/mol. The van der Waals surface area contributed by atoms with Crippen LogP contribution < -0.4 is 15.8 Å². The summed E-state index contributed by atoms with van der Waals surface area (Å²) in [5.41, 5.74) is 0.845. The molecule has 0 aliphatic rings. The summed E-state index contributed by atoms with van der Waals surface area (Å²) in [4.78, 5) is 24.1. The summed E-state index contributed by atoms with van der Waals surface area (Å²) < 4.78 is 36.2. The Morgan fingerprint density at radius 1 is 1.18 bits per heavy atom. The second kappa shape index (κ2) is 9.26. The third-order valence-corrected chi connectivity index (χ3v) is 5.52. The van der Waals surface area contributed by atoms with Gasteiger partial charge in [0.1, 0.15) is 5.82 Å². The summed E-state index contributed by atoms with van der Waals surface area (Å²) in [5.74, 6) is -1.33. The van der Waals surface area contributed by atoms with Crippen molar-refractivity contribution in [2.75, 3.05) is 6.54 Å². The Bertz CT molecular complexity index is 981. The molecule has 0 spiro atoms. The molecule has 0 bridgehead atoms. The van der Waals surface area contributed by atoms with Gasteiger partial charge in [0, 0.05) is 17.4 Å². The molecule has 2 amide bonds. The average Bonchev–Trinajstić information content (AvgIpc) is 2.63. The Morgan fingerprint density at radius 2 is 1.82 bits per heavy atom. The second-order valence-corrected chi connectivity index (χ2v) is 8.45. The topological polar surface area (TPSA) is 118 Å². The van der Waals surface area contributed by atoms with Crippen LogP contribution in [0.25, 0.3) is 0 Å². The van der Waals surface area contributed by atoms with Crippen LogP contribution in [-0.4, -0.2) is 26.8 Å². The zero-order valence-corrected chi connectivity index (χ0v) is 17.3. The van der Waals surface area contributed by atoms with Gasteiger partial charge in [0.05, 0.1) is 16.5 Å². The molecule has 150 valence electrons. The zero-order chi connectivity index (χ0) is 20.9. The van der Waals surface area contributed by atoms with Crippen LogP contribution in [0.2, 0.25) is 0 Å². The highest BCUT2D eigenvalue weighted by molar-refractivity contribution is 9.10. The predicted molar refractivity (Wildman–Crippen MR) is 105 cm³/mol. The van der Waals surface area contributed by atoms with E-state index in [4.69, 9.17) is 5.14 Å². The number of carbonyl (C=O) groups excluding carboxylic acids is 2. The van der Waals surface area contributed by atoms with Gasteiger partial charge in [0.25, 0.3) is 5.91 Å². The highest BCUT2D eigenvalue weighted by atomic mass is 79.9. The number of rotatable bonds is 7. The molecular formula is C18H19BrFN3O4S. The van der Waals surface area contributed by atoms with Gasteiger partial charge in [-0.3, -0.25) is 9.59 Å². The zero-order valence-electron chi connectivity index (χ0n) is 14.9. The predicted octanol–water partition coefficient (Wildman–Crippen LogP) is 2.23. The normalized spacial score (nSPS) is 12.3. The van der Waals surface area contributed by atoms with E-state index in [9.17, 15) is 22.4 Å². The molecule has 2 aromatic carbocycles. The Balaban J connectivity index is 1.85. The van der Waals surface area contributed by atoms with Gasteiger partial charge in [-0.25, -0.2) is 17.9 Å². The second-order valence-electron chi connectivity index (χ2n) is 6.03. The molecule has 0 fully saturated rings. The van der Waals surface area contributed by atoms with Crippen LogP contribution in [0, 0.1) is 5.82 Å². The lowest BCUT2D eigenvalue weighted by Crippen LogP contribution is -2.32. The van der Waals surface area contributed by atoms with E-state index in [1.165, 1.54) is 24.3 Å². The third-order valence-electron chi connectivity index (χ3n) is 3.90. The number of nitrogens with two attached hydrogens (primary N) is 1. The van der Waals surface area contributed by atoms with E-state index in [1.807, 2.05) is 0 Å². The number of hydrogen-bond acceptors (Lipinski definition) is 4. The molecule has 0 saturated heterocycles. The minimum absolute atomic E-state index is 0.0130. The van der Waals surface area contributed by atoms with Gasteiger partial charge in [-0.15, -0.1) is 0 Å². The lowest BCUT2D eigenvalue weighted by Gasteiger charge is -2.15. The van der Waals surface area contributed by atoms with Crippen molar-refractivity contribution in [2.45, 2.75) is 24.3 Å². The van der Waals surface area contributed by atoms with Crippen molar-refractivity contribution in [3.63, 3.8) is 0 Å². The maximum Gasteiger partial charge on any atom is 0.252 e. The molecule has 0 heterocycles. The highest BCUT2D eigenvalue weighted by Crippen LogP contribution is 2.18. The Hall–Kier alpha value is -2.30. The smallest absolute Gasteiger partial charge is 0.252 e. The SMILES string of the molecule is CC(NC(=O)CCNC(=O)c1cc(F)ccc1Br)c1ccc(S(N)(=O)=O)cc1. The lowest BCUT2D eigenvalue weighted by molar-refractivity contribution is -0.121. The Morgan fingerprint density at radius 3 is 2.43 bits per heavy atom. The molecule has 0 aliphatic carbocycles. The molecular weight excluding hydrogens is 453 g/mol. The van der Waals surface area contributed by atoms with Gasteiger partial charge in [0.15, 0.2) is 0 Å². The molecule has 0 saturated carbocycles. The lowest BCUT2D eigenvalue weighted by atomic mass is 10.1. The van der Waals surface area contributed by atoms with Crippen LogP contribution in [0.1, 0.15) is 35.3 Å². The van der Waals surface area contributed by atoms with E-state index in [0.717, 1.165) is 6.07 Å². The van der Waals surface area contributed by atoms with Gasteiger partial charge < -0.3 is 10.6 Å². The summed E-state index contributed by atoms with van der Waals surface area (Å²) >= 11 is 3.18. The molecule has 0 aliphatic heterocycles. The van der Waals surface area contributed by atoms with Crippen LogP contribution in [-0.2, 0) is 14.8 Å². The van der Waals surface area contributed by atoms with Crippen molar-refractivity contribution < 1.29 is 22.4 Å². The number of carbonyl (C=O) groups is 2. The van der Waals surface area contributed by atoms with Crippen LogP contribution >= 0.6 is 15.9 Å². The molecule has 7 nitrogen and oxygen atoms in total. The van der Waals surface area contributed by atoms with Crippen molar-refractivity contribution in [3.8, 4) is 0 Å². The Labute approximate surface area is 170 Å². The molecule has 2 rings (SSSR count). The summed E-state index contributed by atoms with van der Waals surface area (Å²) in [5, 5.41) is 10.4. The Kier molecular flexibility index (Phi) is 7.28. The standard InChI is InChI=1S/C18H19BrFN3O4S/c1-11(12-2-5-14(6-3-12)28(21,26)27)23-17(24)8-9-22-18(25)15-10-13(20)4-7-16(15)19/h2-7,10-11H,8-9H2,1H3,(H,22,25)(H,23,24)(H2,21,26,27). The van der Waals surface area contributed by atoms with E-state index in [-0.39, 0.29) is 35.4 Å². The number of primary sulfonamides is 1. The first-order chi connectivity index (χ1) is 13.1. The minimum atomic E-state index is -3.77. The number of hydrogen-bond donors (Lipinski definition) is 3. The first kappa shape index (κ1) is 22.0. The monoisotopic (exact) mass is 471 g/mol. The van der Waals surface area contributed by atoms with E-state index >= 15 is 0 Å². The van der Waals surface area contributed by atoms with Crippen molar-refractivity contribution in [1.29, 1.82) is 0 Å². The third kappa shape index (κ3) is 6.11. The number of amides is 2. The van der Waals surface area contributed by atoms with Gasteiger partial charge in [0.2, 0.25) is 15.9 Å². The van der Waals surface area contributed by atoms with Gasteiger partial charge in [-0.05, 0) is 58.7 Å². The molecule has 1 unspecified atom stereocenters. The molecule has 10 heteroatoms. The molecule has 0 radical (unpaired) electrons. The van der Waals surface area contributed by atoms with Crippen LogP contribution in [0.5, 0.6) is 0 Å². The van der Waals surface area contributed by atoms with E-state index in [1.54, 1.807) is 19.1 Å². The maximum atomic E-state index is 13.2. The number of sulfonamides is 1. The summed E-state index contributed by atoms with van der Waals surface area (Å²) in [6.07, 6.45) is 0.0261. The number of halogens is 2. The largest absolute Gasteiger partial charge is 0.351 e. The van der Waals surface area contributed by atoms with Crippen LogP contribution in [0.15, 0.2) is 51.8 Å². The maximum absolute atomic E-state index is 13.2. The van der Waals surface area contributed by atoms with Crippen molar-refractivity contribution in [1.82, 2.24) is 10.6 Å². The van der Waals surface area contributed by atoms with Crippen molar-refractivity contribution >= 4 is 37.8 Å². The minimum Gasteiger partial charge on any atom is -0.351 e. The molecule has 0 aromatic heterocycles.